The van der Waals surface area contributed by atoms with Gasteiger partial charge in [0.15, 0.2) is 5.82 Å². The molecule has 1 aliphatic heterocycles. The highest BCUT2D eigenvalue weighted by Crippen LogP contribution is 2.21. The van der Waals surface area contributed by atoms with E-state index in [4.69, 9.17) is 16.1 Å². The average molecular weight is 367 g/mol. The van der Waals surface area contributed by atoms with Gasteiger partial charge >= 0.3 is 0 Å². The molecule has 0 unspecified atom stereocenters. The molecule has 0 aliphatic carbocycles. The maximum Gasteiger partial charge on any atom is 0.226 e. The zero-order chi connectivity index (χ0) is 17.8. The number of nitrogens with zero attached hydrogens (tertiary/aromatic N) is 4. The van der Waals surface area contributed by atoms with Crippen molar-refractivity contribution in [3.63, 3.8) is 0 Å². The van der Waals surface area contributed by atoms with Gasteiger partial charge in [0.25, 0.3) is 0 Å². The summed E-state index contributed by atoms with van der Waals surface area (Å²) in [5.74, 6) is 1.71. The summed E-state index contributed by atoms with van der Waals surface area (Å²) in [6.45, 7) is 8.99. The lowest BCUT2D eigenvalue weighted by atomic mass is 10.1. The maximum absolute atomic E-state index is 13.9. The van der Waals surface area contributed by atoms with Crippen LogP contribution < -0.4 is 0 Å². The second-order valence-electron chi connectivity index (χ2n) is 6.95. The Hall–Kier alpha value is -1.50. The van der Waals surface area contributed by atoms with E-state index in [1.165, 1.54) is 6.07 Å². The first-order valence-corrected chi connectivity index (χ1v) is 9.08. The van der Waals surface area contributed by atoms with Crippen molar-refractivity contribution in [2.75, 3.05) is 26.2 Å². The molecule has 0 bridgehead atoms. The molecule has 0 atom stereocenters. The molecule has 2 aromatic rings. The standard InChI is InChI=1S/C18H24ClFN4O/c1-13(2)10-18-21-17(22-25-18)12-24-8-6-23(7-9-24)11-14-15(19)4-3-5-16(14)20/h3-5,13H,6-12H2,1-2H3. The van der Waals surface area contributed by atoms with Gasteiger partial charge in [-0.3, -0.25) is 9.80 Å². The molecule has 1 aliphatic rings. The van der Waals surface area contributed by atoms with Gasteiger partial charge in [0.2, 0.25) is 5.89 Å². The topological polar surface area (TPSA) is 45.4 Å². The van der Waals surface area contributed by atoms with E-state index < -0.39 is 0 Å². The van der Waals surface area contributed by atoms with Gasteiger partial charge < -0.3 is 4.52 Å². The maximum atomic E-state index is 13.9. The highest BCUT2D eigenvalue weighted by atomic mass is 35.5. The number of halogens is 2. The largest absolute Gasteiger partial charge is 0.339 e. The normalized spacial score (nSPS) is 16.7. The van der Waals surface area contributed by atoms with Crippen molar-refractivity contribution < 1.29 is 8.91 Å². The van der Waals surface area contributed by atoms with Gasteiger partial charge in [-0.25, -0.2) is 4.39 Å². The summed E-state index contributed by atoms with van der Waals surface area (Å²) in [6, 6.07) is 4.83. The molecule has 0 N–H and O–H groups in total. The molecule has 2 heterocycles. The minimum Gasteiger partial charge on any atom is -0.339 e. The minimum atomic E-state index is -0.237. The molecular weight excluding hydrogens is 343 g/mol. The number of rotatable bonds is 6. The fraction of sp³-hybridized carbons (Fsp3) is 0.556. The summed E-state index contributed by atoms with van der Waals surface area (Å²) in [5, 5.41) is 4.56. The van der Waals surface area contributed by atoms with E-state index in [1.807, 2.05) is 0 Å². The monoisotopic (exact) mass is 366 g/mol. The van der Waals surface area contributed by atoms with Crippen molar-refractivity contribution in [2.45, 2.75) is 33.4 Å². The average Bonchev–Trinajstić information content (AvgIpc) is 2.99. The zero-order valence-electron chi connectivity index (χ0n) is 14.7. The van der Waals surface area contributed by atoms with Crippen LogP contribution in [0, 0.1) is 11.7 Å². The Bertz CT molecular complexity index is 678. The first kappa shape index (κ1) is 18.3. The molecule has 0 radical (unpaired) electrons. The molecule has 0 amide bonds. The SMILES string of the molecule is CC(C)Cc1nc(CN2CCN(Cc3c(F)cccc3Cl)CC2)no1. The fourth-order valence-electron chi connectivity index (χ4n) is 3.00. The summed E-state index contributed by atoms with van der Waals surface area (Å²) in [6.07, 6.45) is 0.810. The summed E-state index contributed by atoms with van der Waals surface area (Å²) < 4.78 is 19.2. The predicted octanol–water partition coefficient (Wildman–Crippen LogP) is 3.38. The number of piperazine rings is 1. The van der Waals surface area contributed by atoms with Gasteiger partial charge in [-0.1, -0.05) is 36.7 Å². The van der Waals surface area contributed by atoms with Gasteiger partial charge in [0.1, 0.15) is 5.82 Å². The Balaban J connectivity index is 1.49. The number of hydrogen-bond acceptors (Lipinski definition) is 5. The van der Waals surface area contributed by atoms with Crippen LogP contribution in [0.1, 0.15) is 31.1 Å². The molecular formula is C18H24ClFN4O. The number of benzene rings is 1. The predicted molar refractivity (Wildman–Crippen MR) is 94.8 cm³/mol. The Morgan fingerprint density at radius 1 is 1.16 bits per heavy atom. The Morgan fingerprint density at radius 3 is 2.48 bits per heavy atom. The van der Waals surface area contributed by atoms with E-state index in [9.17, 15) is 4.39 Å². The summed E-state index contributed by atoms with van der Waals surface area (Å²) in [5.41, 5.74) is 0.578. The van der Waals surface area contributed by atoms with Crippen LogP contribution in [0.4, 0.5) is 4.39 Å². The van der Waals surface area contributed by atoms with Crippen molar-refractivity contribution in [2.24, 2.45) is 5.92 Å². The third kappa shape index (κ3) is 5.00. The lowest BCUT2D eigenvalue weighted by Gasteiger charge is -2.34. The first-order chi connectivity index (χ1) is 12.0. The highest BCUT2D eigenvalue weighted by Gasteiger charge is 2.21. The lowest BCUT2D eigenvalue weighted by molar-refractivity contribution is 0.118. The molecule has 7 heteroatoms. The zero-order valence-corrected chi connectivity index (χ0v) is 15.5. The summed E-state index contributed by atoms with van der Waals surface area (Å²) in [4.78, 5) is 8.97. The van der Waals surface area contributed by atoms with Gasteiger partial charge in [0, 0.05) is 49.7 Å². The van der Waals surface area contributed by atoms with Crippen LogP contribution in [0.3, 0.4) is 0 Å². The minimum absolute atomic E-state index is 0.237. The van der Waals surface area contributed by atoms with Crippen molar-refractivity contribution >= 4 is 11.6 Å². The van der Waals surface area contributed by atoms with E-state index >= 15 is 0 Å². The third-order valence-corrected chi connectivity index (χ3v) is 4.72. The molecule has 1 aromatic heterocycles. The van der Waals surface area contributed by atoms with E-state index in [0.717, 1.165) is 38.4 Å². The third-order valence-electron chi connectivity index (χ3n) is 4.37. The van der Waals surface area contributed by atoms with Gasteiger partial charge in [-0.2, -0.15) is 4.98 Å². The van der Waals surface area contributed by atoms with E-state index in [2.05, 4.69) is 33.8 Å². The molecule has 0 spiro atoms. The quantitative estimate of drug-likeness (QED) is 0.784. The Morgan fingerprint density at radius 2 is 1.84 bits per heavy atom. The fourth-order valence-corrected chi connectivity index (χ4v) is 3.22. The number of aromatic nitrogens is 2. The molecule has 136 valence electrons. The van der Waals surface area contributed by atoms with Crippen LogP contribution in [0.2, 0.25) is 5.02 Å². The smallest absolute Gasteiger partial charge is 0.226 e. The summed E-state index contributed by atoms with van der Waals surface area (Å²) in [7, 11) is 0. The second-order valence-corrected chi connectivity index (χ2v) is 7.36. The molecule has 1 saturated heterocycles. The number of hydrogen-bond donors (Lipinski definition) is 0. The van der Waals surface area contributed by atoms with E-state index in [1.54, 1.807) is 12.1 Å². The van der Waals surface area contributed by atoms with Crippen molar-refractivity contribution in [3.05, 3.63) is 46.3 Å². The van der Waals surface area contributed by atoms with Crippen molar-refractivity contribution in [1.82, 2.24) is 19.9 Å². The molecule has 1 fully saturated rings. The van der Waals surface area contributed by atoms with Gasteiger partial charge in [-0.15, -0.1) is 0 Å². The van der Waals surface area contributed by atoms with Crippen LogP contribution in [-0.2, 0) is 19.5 Å². The van der Waals surface area contributed by atoms with E-state index in [0.29, 0.717) is 35.5 Å². The van der Waals surface area contributed by atoms with Gasteiger partial charge in [0.05, 0.1) is 6.54 Å². The van der Waals surface area contributed by atoms with Crippen LogP contribution in [-0.4, -0.2) is 46.1 Å². The van der Waals surface area contributed by atoms with Crippen LogP contribution in [0.5, 0.6) is 0 Å². The summed E-state index contributed by atoms with van der Waals surface area (Å²) >= 11 is 6.12. The van der Waals surface area contributed by atoms with Crippen LogP contribution in [0.15, 0.2) is 22.7 Å². The molecule has 5 nitrogen and oxygen atoms in total. The molecule has 0 saturated carbocycles. The lowest BCUT2D eigenvalue weighted by Crippen LogP contribution is -2.45. The second kappa shape index (κ2) is 8.25. The Labute approximate surface area is 152 Å². The Kier molecular flexibility index (Phi) is 6.04. The van der Waals surface area contributed by atoms with Crippen molar-refractivity contribution in [1.29, 1.82) is 0 Å². The molecule has 3 rings (SSSR count). The molecule has 1 aromatic carbocycles. The van der Waals surface area contributed by atoms with Crippen molar-refractivity contribution in [3.8, 4) is 0 Å². The van der Waals surface area contributed by atoms with Crippen LogP contribution >= 0.6 is 11.6 Å². The highest BCUT2D eigenvalue weighted by molar-refractivity contribution is 6.31. The molecule has 25 heavy (non-hydrogen) atoms. The van der Waals surface area contributed by atoms with Gasteiger partial charge in [-0.05, 0) is 18.1 Å². The first-order valence-electron chi connectivity index (χ1n) is 8.70. The van der Waals surface area contributed by atoms with E-state index in [-0.39, 0.29) is 5.82 Å². The van der Waals surface area contributed by atoms with Crippen LogP contribution in [0.25, 0.3) is 0 Å².